The lowest BCUT2D eigenvalue weighted by Crippen LogP contribution is -2.30. The van der Waals surface area contributed by atoms with Crippen molar-refractivity contribution in [2.45, 2.75) is 11.8 Å². The Morgan fingerprint density at radius 3 is 1.71 bits per heavy atom. The summed E-state index contributed by atoms with van der Waals surface area (Å²) in [7, 11) is 2.53. The first-order valence-electron chi connectivity index (χ1n) is 7.81. The number of hydrogen-bond acceptors (Lipinski definition) is 5. The van der Waals surface area contributed by atoms with Crippen LogP contribution in [0.25, 0.3) is 10.8 Å². The van der Waals surface area contributed by atoms with Gasteiger partial charge in [0.25, 0.3) is 0 Å². The van der Waals surface area contributed by atoms with E-state index >= 15 is 0 Å². The van der Waals surface area contributed by atoms with Crippen LogP contribution in [0.15, 0.2) is 36.4 Å². The predicted molar refractivity (Wildman–Crippen MR) is 85.4 cm³/mol. The lowest BCUT2D eigenvalue weighted by atomic mass is 9.85. The SMILES string of the molecule is COC(=O)C1C(=O)C(C(=O)OC)C2c3cccc4cccc(c34)C12. The molecule has 0 heterocycles. The zero-order valence-electron chi connectivity index (χ0n) is 13.3. The van der Waals surface area contributed by atoms with Gasteiger partial charge >= 0.3 is 11.9 Å². The van der Waals surface area contributed by atoms with E-state index in [0.717, 1.165) is 21.9 Å². The van der Waals surface area contributed by atoms with Crippen molar-refractivity contribution in [2.75, 3.05) is 14.2 Å². The zero-order chi connectivity index (χ0) is 17.0. The first kappa shape index (κ1) is 14.9. The van der Waals surface area contributed by atoms with Gasteiger partial charge in [-0.15, -0.1) is 0 Å². The molecule has 2 aliphatic rings. The van der Waals surface area contributed by atoms with E-state index in [4.69, 9.17) is 9.47 Å². The fraction of sp³-hybridized carbons (Fsp3) is 0.316. The van der Waals surface area contributed by atoms with Crippen molar-refractivity contribution in [2.24, 2.45) is 11.8 Å². The van der Waals surface area contributed by atoms with Gasteiger partial charge in [-0.3, -0.25) is 14.4 Å². The van der Waals surface area contributed by atoms with Crippen LogP contribution in [-0.2, 0) is 23.9 Å². The van der Waals surface area contributed by atoms with Crippen LogP contribution in [0.5, 0.6) is 0 Å². The van der Waals surface area contributed by atoms with Crippen LogP contribution >= 0.6 is 0 Å². The highest BCUT2D eigenvalue weighted by Crippen LogP contribution is 2.59. The molecule has 0 aromatic heterocycles. The van der Waals surface area contributed by atoms with E-state index in [1.165, 1.54) is 14.2 Å². The summed E-state index contributed by atoms with van der Waals surface area (Å²) in [6, 6.07) is 11.7. The summed E-state index contributed by atoms with van der Waals surface area (Å²) in [5.74, 6) is -4.29. The van der Waals surface area contributed by atoms with Crippen molar-refractivity contribution in [1.82, 2.24) is 0 Å². The van der Waals surface area contributed by atoms with E-state index in [1.807, 2.05) is 36.4 Å². The molecule has 0 amide bonds. The number of methoxy groups -OCH3 is 2. The molecule has 0 radical (unpaired) electrons. The molecule has 1 fully saturated rings. The van der Waals surface area contributed by atoms with Crippen LogP contribution in [0.4, 0.5) is 0 Å². The fourth-order valence-electron chi connectivity index (χ4n) is 4.44. The highest BCUT2D eigenvalue weighted by molar-refractivity contribution is 6.14. The number of carbonyl (C=O) groups is 3. The normalized spacial score (nSPS) is 27.2. The lowest BCUT2D eigenvalue weighted by molar-refractivity contribution is -0.152. The van der Waals surface area contributed by atoms with Crippen molar-refractivity contribution in [1.29, 1.82) is 0 Å². The number of rotatable bonds is 2. The molecule has 4 atom stereocenters. The van der Waals surface area contributed by atoms with E-state index in [0.29, 0.717) is 0 Å². The summed E-state index contributed by atoms with van der Waals surface area (Å²) in [5.41, 5.74) is 1.87. The molecular formula is C19H16O5. The second-order valence-electron chi connectivity index (χ2n) is 6.25. The number of hydrogen-bond donors (Lipinski definition) is 0. The van der Waals surface area contributed by atoms with Gasteiger partial charge in [0.15, 0.2) is 5.78 Å². The van der Waals surface area contributed by atoms with Crippen molar-refractivity contribution in [3.8, 4) is 0 Å². The maximum Gasteiger partial charge on any atom is 0.316 e. The molecular weight excluding hydrogens is 308 g/mol. The molecule has 0 spiro atoms. The van der Waals surface area contributed by atoms with E-state index in [2.05, 4.69) is 0 Å². The standard InChI is InChI=1S/C19H16O5/c1-23-18(21)15-13-10-7-3-5-9-6-4-8-11(12(9)10)14(13)16(17(15)20)19(22)24-2/h3-8,13-16H,1-2H3. The Morgan fingerprint density at radius 1 is 0.833 bits per heavy atom. The topological polar surface area (TPSA) is 69.7 Å². The third-order valence-electron chi connectivity index (χ3n) is 5.32. The van der Waals surface area contributed by atoms with Gasteiger partial charge in [-0.1, -0.05) is 36.4 Å². The summed E-state index contributed by atoms with van der Waals surface area (Å²) in [4.78, 5) is 37.4. The maximum absolute atomic E-state index is 12.8. The Hall–Kier alpha value is -2.69. The predicted octanol–water partition coefficient (Wildman–Crippen LogP) is 2.18. The molecule has 2 aromatic rings. The van der Waals surface area contributed by atoms with Crippen molar-refractivity contribution < 1.29 is 23.9 Å². The molecule has 2 aliphatic carbocycles. The molecule has 0 N–H and O–H groups in total. The van der Waals surface area contributed by atoms with Crippen LogP contribution < -0.4 is 0 Å². The Balaban J connectivity index is 1.98. The van der Waals surface area contributed by atoms with Gasteiger partial charge in [-0.05, 0) is 21.9 Å². The lowest BCUT2D eigenvalue weighted by Gasteiger charge is -2.18. The molecule has 2 aromatic carbocycles. The molecule has 0 bridgehead atoms. The summed E-state index contributed by atoms with van der Waals surface area (Å²) >= 11 is 0. The smallest absolute Gasteiger partial charge is 0.316 e. The molecule has 4 rings (SSSR count). The Kier molecular flexibility index (Phi) is 3.20. The summed E-state index contributed by atoms with van der Waals surface area (Å²) < 4.78 is 9.71. The van der Waals surface area contributed by atoms with E-state index in [9.17, 15) is 14.4 Å². The largest absolute Gasteiger partial charge is 0.468 e. The van der Waals surface area contributed by atoms with Gasteiger partial charge in [0.1, 0.15) is 11.8 Å². The van der Waals surface area contributed by atoms with Gasteiger partial charge in [0.2, 0.25) is 0 Å². The van der Waals surface area contributed by atoms with Gasteiger partial charge in [-0.2, -0.15) is 0 Å². The number of benzene rings is 2. The third kappa shape index (κ3) is 1.72. The van der Waals surface area contributed by atoms with E-state index in [-0.39, 0.29) is 11.8 Å². The molecule has 5 nitrogen and oxygen atoms in total. The highest BCUT2D eigenvalue weighted by Gasteiger charge is 2.60. The Morgan fingerprint density at radius 2 is 1.29 bits per heavy atom. The van der Waals surface area contributed by atoms with Crippen LogP contribution in [0.1, 0.15) is 23.0 Å². The minimum Gasteiger partial charge on any atom is -0.468 e. The summed E-state index contributed by atoms with van der Waals surface area (Å²) in [6.07, 6.45) is 0. The Labute approximate surface area is 138 Å². The average Bonchev–Trinajstić information content (AvgIpc) is 3.08. The Bertz CT molecular complexity index is 818. The number of fused-ring (bicyclic) bond motifs is 3. The minimum absolute atomic E-state index is 0.379. The summed E-state index contributed by atoms with van der Waals surface area (Å²) in [5, 5.41) is 2.07. The summed E-state index contributed by atoms with van der Waals surface area (Å²) in [6.45, 7) is 0. The molecule has 4 unspecified atom stereocenters. The first-order valence-corrected chi connectivity index (χ1v) is 7.81. The average molecular weight is 324 g/mol. The first-order chi connectivity index (χ1) is 11.6. The van der Waals surface area contributed by atoms with Crippen LogP contribution in [-0.4, -0.2) is 31.9 Å². The van der Waals surface area contributed by atoms with Crippen molar-refractivity contribution in [3.63, 3.8) is 0 Å². The third-order valence-corrected chi connectivity index (χ3v) is 5.32. The zero-order valence-corrected chi connectivity index (χ0v) is 13.3. The molecule has 1 saturated carbocycles. The number of Topliss-reactive ketones (excluding diaryl/α,β-unsaturated/α-hetero) is 1. The van der Waals surface area contributed by atoms with Crippen LogP contribution in [0.2, 0.25) is 0 Å². The number of esters is 2. The maximum atomic E-state index is 12.8. The number of carbonyl (C=O) groups excluding carboxylic acids is 3. The molecule has 0 saturated heterocycles. The van der Waals surface area contributed by atoms with Crippen molar-refractivity contribution in [3.05, 3.63) is 47.5 Å². The van der Waals surface area contributed by atoms with Gasteiger partial charge < -0.3 is 9.47 Å². The monoisotopic (exact) mass is 324 g/mol. The molecule has 24 heavy (non-hydrogen) atoms. The van der Waals surface area contributed by atoms with Gasteiger partial charge in [0.05, 0.1) is 14.2 Å². The van der Waals surface area contributed by atoms with Gasteiger partial charge in [-0.25, -0.2) is 0 Å². The fourth-order valence-corrected chi connectivity index (χ4v) is 4.44. The minimum atomic E-state index is -0.970. The molecule has 122 valence electrons. The van der Waals surface area contributed by atoms with E-state index in [1.54, 1.807) is 0 Å². The second kappa shape index (κ2) is 5.16. The molecule has 5 heteroatoms. The number of ketones is 1. The van der Waals surface area contributed by atoms with Gasteiger partial charge in [0, 0.05) is 11.8 Å². The second-order valence-corrected chi connectivity index (χ2v) is 6.25. The highest BCUT2D eigenvalue weighted by atomic mass is 16.5. The van der Waals surface area contributed by atoms with Crippen LogP contribution in [0, 0.1) is 11.8 Å². The quantitative estimate of drug-likeness (QED) is 0.625. The van der Waals surface area contributed by atoms with Crippen molar-refractivity contribution >= 4 is 28.5 Å². The van der Waals surface area contributed by atoms with Crippen LogP contribution in [0.3, 0.4) is 0 Å². The number of ether oxygens (including phenoxy) is 2. The van der Waals surface area contributed by atoms with E-state index < -0.39 is 29.6 Å². The molecule has 0 aliphatic heterocycles.